The van der Waals surface area contributed by atoms with Crippen molar-refractivity contribution < 1.29 is 24.2 Å². The largest absolute Gasteiger partial charge is 0.511 e. The van der Waals surface area contributed by atoms with E-state index in [9.17, 15) is 14.7 Å². The third kappa shape index (κ3) is 3.98. The summed E-state index contributed by atoms with van der Waals surface area (Å²) in [4.78, 5) is 23.5. The Hall–Kier alpha value is -2.04. The van der Waals surface area contributed by atoms with E-state index in [-0.39, 0.29) is 16.9 Å². The summed E-state index contributed by atoms with van der Waals surface area (Å²) in [7, 11) is 2.42. The number of aliphatic hydroxyl groups excluding tert-OH is 1. The third-order valence-electron chi connectivity index (χ3n) is 2.79. The molecule has 0 saturated heterocycles. The van der Waals surface area contributed by atoms with Crippen LogP contribution in [0.15, 0.2) is 35.1 Å². The molecule has 0 bridgehead atoms. The number of rotatable bonds is 2. The number of hydrogen-bond donors (Lipinski definition) is 1. The number of esters is 2. The normalized spacial score (nSPS) is 20.4. The minimum absolute atomic E-state index is 0.00463. The van der Waals surface area contributed by atoms with Crippen LogP contribution < -0.4 is 0 Å². The van der Waals surface area contributed by atoms with Gasteiger partial charge in [-0.2, -0.15) is 0 Å². The monoisotopic (exact) mass is 266 g/mol. The van der Waals surface area contributed by atoms with E-state index in [0.29, 0.717) is 6.42 Å². The molecule has 0 aromatic rings. The van der Waals surface area contributed by atoms with Crippen LogP contribution in [0.2, 0.25) is 0 Å². The molecule has 0 unspecified atom stereocenters. The number of carbonyl (C=O) groups excluding carboxylic acids is 2. The van der Waals surface area contributed by atoms with E-state index in [0.717, 1.165) is 19.3 Å². The van der Waals surface area contributed by atoms with Gasteiger partial charge in [-0.25, -0.2) is 9.59 Å². The Morgan fingerprint density at radius 1 is 1.16 bits per heavy atom. The first-order chi connectivity index (χ1) is 9.11. The van der Waals surface area contributed by atoms with Crippen LogP contribution in [-0.2, 0) is 19.1 Å². The number of aliphatic hydroxyl groups is 1. The molecule has 19 heavy (non-hydrogen) atoms. The minimum Gasteiger partial charge on any atom is -0.511 e. The SMILES string of the molecule is COC(=O)C1=CC=CCCCC/C(O)=C\1C(=O)OC. The average Bonchev–Trinajstić information content (AvgIpc) is 2.43. The lowest BCUT2D eigenvalue weighted by molar-refractivity contribution is -0.139. The molecule has 0 saturated carbocycles. The average molecular weight is 266 g/mol. The summed E-state index contributed by atoms with van der Waals surface area (Å²) in [6.45, 7) is 0. The van der Waals surface area contributed by atoms with E-state index >= 15 is 0 Å². The van der Waals surface area contributed by atoms with Gasteiger partial charge in [0.05, 0.1) is 19.8 Å². The van der Waals surface area contributed by atoms with Crippen LogP contribution >= 0.6 is 0 Å². The van der Waals surface area contributed by atoms with E-state index in [2.05, 4.69) is 9.47 Å². The first kappa shape index (κ1) is 15.0. The number of allylic oxidation sites excluding steroid dienone is 4. The lowest BCUT2D eigenvalue weighted by Crippen LogP contribution is -2.17. The zero-order valence-electron chi connectivity index (χ0n) is 11.1. The zero-order valence-corrected chi connectivity index (χ0v) is 11.1. The van der Waals surface area contributed by atoms with Crippen molar-refractivity contribution in [3.8, 4) is 0 Å². The van der Waals surface area contributed by atoms with Crippen LogP contribution in [0, 0.1) is 0 Å². The zero-order chi connectivity index (χ0) is 14.3. The van der Waals surface area contributed by atoms with Crippen LogP contribution in [0.5, 0.6) is 0 Å². The second-order valence-electron chi connectivity index (χ2n) is 4.06. The molecule has 1 aliphatic rings. The Morgan fingerprint density at radius 2 is 1.84 bits per heavy atom. The van der Waals surface area contributed by atoms with Crippen molar-refractivity contribution in [1.82, 2.24) is 0 Å². The van der Waals surface area contributed by atoms with Gasteiger partial charge in [-0.15, -0.1) is 0 Å². The molecule has 0 atom stereocenters. The quantitative estimate of drug-likeness (QED) is 0.776. The van der Waals surface area contributed by atoms with E-state index < -0.39 is 11.9 Å². The molecule has 0 aromatic heterocycles. The van der Waals surface area contributed by atoms with Crippen LogP contribution in [0.25, 0.3) is 0 Å². The van der Waals surface area contributed by atoms with Gasteiger partial charge in [0.1, 0.15) is 11.3 Å². The van der Waals surface area contributed by atoms with E-state index in [4.69, 9.17) is 0 Å². The molecule has 0 aliphatic heterocycles. The van der Waals surface area contributed by atoms with Gasteiger partial charge in [-0.1, -0.05) is 12.2 Å². The fourth-order valence-corrected chi connectivity index (χ4v) is 1.79. The van der Waals surface area contributed by atoms with Gasteiger partial charge in [0, 0.05) is 6.42 Å². The van der Waals surface area contributed by atoms with Gasteiger partial charge in [-0.3, -0.25) is 0 Å². The first-order valence-corrected chi connectivity index (χ1v) is 6.07. The molecule has 5 heteroatoms. The van der Waals surface area contributed by atoms with Gasteiger partial charge in [0.2, 0.25) is 0 Å². The highest BCUT2D eigenvalue weighted by atomic mass is 16.5. The molecule has 0 spiro atoms. The molecular weight excluding hydrogens is 248 g/mol. The predicted octanol–water partition coefficient (Wildman–Crippen LogP) is 2.20. The fourth-order valence-electron chi connectivity index (χ4n) is 1.79. The van der Waals surface area contributed by atoms with Crippen molar-refractivity contribution in [2.75, 3.05) is 14.2 Å². The van der Waals surface area contributed by atoms with Gasteiger partial charge in [0.15, 0.2) is 0 Å². The van der Waals surface area contributed by atoms with Gasteiger partial charge >= 0.3 is 11.9 Å². The Morgan fingerprint density at radius 3 is 2.47 bits per heavy atom. The van der Waals surface area contributed by atoms with Gasteiger partial charge in [-0.05, 0) is 25.3 Å². The second kappa shape index (κ2) is 7.41. The Balaban J connectivity index is 3.32. The highest BCUT2D eigenvalue weighted by Crippen LogP contribution is 2.22. The summed E-state index contributed by atoms with van der Waals surface area (Å²) in [6.07, 6.45) is 7.84. The smallest absolute Gasteiger partial charge is 0.342 e. The lowest BCUT2D eigenvalue weighted by Gasteiger charge is -2.12. The van der Waals surface area contributed by atoms with Crippen molar-refractivity contribution in [3.63, 3.8) is 0 Å². The van der Waals surface area contributed by atoms with Crippen LogP contribution in [0.3, 0.4) is 0 Å². The fraction of sp³-hybridized carbons (Fsp3) is 0.429. The molecule has 0 fully saturated rings. The van der Waals surface area contributed by atoms with Crippen molar-refractivity contribution in [3.05, 3.63) is 35.1 Å². The molecule has 0 aromatic carbocycles. The molecule has 0 radical (unpaired) electrons. The van der Waals surface area contributed by atoms with Crippen LogP contribution in [0.1, 0.15) is 25.7 Å². The van der Waals surface area contributed by atoms with Crippen LogP contribution in [0.4, 0.5) is 0 Å². The Kier molecular flexibility index (Phi) is 5.85. The van der Waals surface area contributed by atoms with E-state index in [1.54, 1.807) is 6.08 Å². The predicted molar refractivity (Wildman–Crippen MR) is 69.4 cm³/mol. The van der Waals surface area contributed by atoms with Gasteiger partial charge < -0.3 is 14.6 Å². The molecule has 1 aliphatic carbocycles. The Bertz CT molecular complexity index is 443. The molecule has 5 nitrogen and oxygen atoms in total. The third-order valence-corrected chi connectivity index (χ3v) is 2.79. The maximum absolute atomic E-state index is 11.8. The summed E-state index contributed by atoms with van der Waals surface area (Å²) < 4.78 is 9.26. The van der Waals surface area contributed by atoms with Crippen molar-refractivity contribution in [2.45, 2.75) is 25.7 Å². The molecule has 0 heterocycles. The summed E-state index contributed by atoms with van der Waals surface area (Å²) in [5.74, 6) is -1.57. The lowest BCUT2D eigenvalue weighted by atomic mass is 10.00. The summed E-state index contributed by atoms with van der Waals surface area (Å²) in [5, 5.41) is 10.0. The molecular formula is C14H18O5. The minimum atomic E-state index is -0.747. The highest BCUT2D eigenvalue weighted by Gasteiger charge is 2.26. The summed E-state index contributed by atoms with van der Waals surface area (Å²) in [5.41, 5.74) is -0.120. The van der Waals surface area contributed by atoms with E-state index in [1.807, 2.05) is 6.08 Å². The molecule has 1 rings (SSSR count). The second-order valence-corrected chi connectivity index (χ2v) is 4.06. The summed E-state index contributed by atoms with van der Waals surface area (Å²) in [6, 6.07) is 0. The molecule has 104 valence electrons. The summed E-state index contributed by atoms with van der Waals surface area (Å²) >= 11 is 0. The number of carbonyl (C=O) groups is 2. The number of methoxy groups -OCH3 is 2. The van der Waals surface area contributed by atoms with Crippen molar-refractivity contribution in [2.24, 2.45) is 0 Å². The van der Waals surface area contributed by atoms with Gasteiger partial charge in [0.25, 0.3) is 0 Å². The van der Waals surface area contributed by atoms with Crippen molar-refractivity contribution in [1.29, 1.82) is 0 Å². The first-order valence-electron chi connectivity index (χ1n) is 6.07. The highest BCUT2D eigenvalue weighted by molar-refractivity contribution is 6.07. The van der Waals surface area contributed by atoms with Crippen molar-refractivity contribution >= 4 is 11.9 Å². The maximum atomic E-state index is 11.8. The van der Waals surface area contributed by atoms with E-state index in [1.165, 1.54) is 20.3 Å². The maximum Gasteiger partial charge on any atom is 0.342 e. The standard InChI is InChI=1S/C14H18O5/c1-18-13(16)10-8-6-4-3-5-7-9-11(15)12(10)14(17)19-2/h4,6,8,15H,3,5,7,9H2,1-2H3/b6-4?,10-8?,12-11-. The molecule has 1 N–H and O–H groups in total. The number of hydrogen-bond acceptors (Lipinski definition) is 5. The number of ether oxygens (including phenoxy) is 2. The van der Waals surface area contributed by atoms with Crippen LogP contribution in [-0.4, -0.2) is 31.3 Å². The topological polar surface area (TPSA) is 72.8 Å². The molecule has 0 amide bonds. The Labute approximate surface area is 112 Å².